The summed E-state index contributed by atoms with van der Waals surface area (Å²) in [6.07, 6.45) is 10.5. The molecule has 0 saturated heterocycles. The smallest absolute Gasteiger partial charge is 0.0533 e. The van der Waals surface area contributed by atoms with Gasteiger partial charge in [0.2, 0.25) is 0 Å². The van der Waals surface area contributed by atoms with Gasteiger partial charge >= 0.3 is 0 Å². The van der Waals surface area contributed by atoms with Crippen LogP contribution in [0.3, 0.4) is 0 Å². The van der Waals surface area contributed by atoms with Crippen molar-refractivity contribution in [2.24, 2.45) is 0 Å². The summed E-state index contributed by atoms with van der Waals surface area (Å²) >= 11 is 0. The molecule has 3 N–H and O–H groups in total. The van der Waals surface area contributed by atoms with Crippen LogP contribution >= 0.6 is 0 Å². The first-order valence-electron chi connectivity index (χ1n) is 3.50. The van der Waals surface area contributed by atoms with E-state index in [4.69, 9.17) is 0 Å². The van der Waals surface area contributed by atoms with Gasteiger partial charge in [-0.1, -0.05) is 44.9 Å². The highest BCUT2D eigenvalue weighted by Crippen LogP contribution is 2.15. The molecule has 0 spiro atoms. The molecule has 1 saturated carbocycles. The van der Waals surface area contributed by atoms with Crippen LogP contribution < -0.4 is 6.15 Å². The Kier molecular flexibility index (Phi) is 5.08. The molecule has 1 rings (SSSR count). The maximum absolute atomic E-state index is 1.50. The highest BCUT2D eigenvalue weighted by atomic mass is 14.0. The Balaban J connectivity index is 0.000000490. The highest BCUT2D eigenvalue weighted by Gasteiger charge is 1.95. The minimum atomic E-state index is 0. The first kappa shape index (κ1) is 7.96. The average Bonchev–Trinajstić information content (AvgIpc) is 1.90. The standard InChI is InChI=1S/C7H14.H3N/c1-2-4-6-7-5-3-1;/h1-7H2;1H3. The van der Waals surface area contributed by atoms with Crippen molar-refractivity contribution in [3.05, 3.63) is 0 Å². The quantitative estimate of drug-likeness (QED) is 0.484. The van der Waals surface area contributed by atoms with Crippen molar-refractivity contribution >= 4 is 0 Å². The predicted octanol–water partition coefficient (Wildman–Crippen LogP) is 2.89. The van der Waals surface area contributed by atoms with Gasteiger partial charge in [0, 0.05) is 0 Å². The summed E-state index contributed by atoms with van der Waals surface area (Å²) < 4.78 is 0. The van der Waals surface area contributed by atoms with E-state index in [0.29, 0.717) is 0 Å². The largest absolute Gasteiger partial charge is 0.344 e. The van der Waals surface area contributed by atoms with Gasteiger partial charge in [-0.3, -0.25) is 0 Å². The van der Waals surface area contributed by atoms with Gasteiger partial charge in [0.15, 0.2) is 0 Å². The minimum Gasteiger partial charge on any atom is -0.344 e. The van der Waals surface area contributed by atoms with E-state index < -0.39 is 0 Å². The zero-order chi connectivity index (χ0) is 4.95. The minimum absolute atomic E-state index is 0. The average molecular weight is 115 g/mol. The maximum atomic E-state index is 1.50. The first-order chi connectivity index (χ1) is 3.50. The Hall–Kier alpha value is -0.0400. The number of hydrogen-bond donors (Lipinski definition) is 1. The van der Waals surface area contributed by atoms with E-state index in [1.54, 1.807) is 0 Å². The van der Waals surface area contributed by atoms with Crippen LogP contribution in [0.15, 0.2) is 0 Å². The topological polar surface area (TPSA) is 35.0 Å². The Morgan fingerprint density at radius 2 is 0.500 bits per heavy atom. The van der Waals surface area contributed by atoms with Gasteiger partial charge < -0.3 is 6.15 Å². The molecule has 1 heteroatoms. The van der Waals surface area contributed by atoms with E-state index in [9.17, 15) is 0 Å². The molecule has 0 bridgehead atoms. The van der Waals surface area contributed by atoms with Crippen LogP contribution in [0.25, 0.3) is 0 Å². The Morgan fingerprint density at radius 3 is 0.625 bits per heavy atom. The molecule has 1 aliphatic carbocycles. The lowest BCUT2D eigenvalue weighted by atomic mass is 10.2. The second kappa shape index (κ2) is 5.10. The van der Waals surface area contributed by atoms with Crippen molar-refractivity contribution in [2.45, 2.75) is 44.9 Å². The fraction of sp³-hybridized carbons (Fsp3) is 1.00. The Morgan fingerprint density at radius 1 is 0.375 bits per heavy atom. The van der Waals surface area contributed by atoms with Crippen LogP contribution in [0.1, 0.15) is 44.9 Å². The van der Waals surface area contributed by atoms with E-state index in [1.165, 1.54) is 44.9 Å². The van der Waals surface area contributed by atoms with Crippen LogP contribution in [0.2, 0.25) is 0 Å². The van der Waals surface area contributed by atoms with Gasteiger partial charge in [0.1, 0.15) is 0 Å². The van der Waals surface area contributed by atoms with Crippen LogP contribution in [-0.4, -0.2) is 0 Å². The Labute approximate surface area is 52.1 Å². The monoisotopic (exact) mass is 115 g/mol. The zero-order valence-electron chi connectivity index (χ0n) is 5.66. The summed E-state index contributed by atoms with van der Waals surface area (Å²) in [7, 11) is 0. The van der Waals surface area contributed by atoms with E-state index in [1.807, 2.05) is 0 Å². The van der Waals surface area contributed by atoms with E-state index in [0.717, 1.165) is 0 Å². The molecule has 0 heterocycles. The number of rotatable bonds is 0. The summed E-state index contributed by atoms with van der Waals surface area (Å²) in [5.41, 5.74) is 0. The predicted molar refractivity (Wildman–Crippen MR) is 37.3 cm³/mol. The third kappa shape index (κ3) is 3.03. The summed E-state index contributed by atoms with van der Waals surface area (Å²) in [6, 6.07) is 0. The molecule has 0 atom stereocenters. The molecule has 8 heavy (non-hydrogen) atoms. The van der Waals surface area contributed by atoms with Crippen LogP contribution in [0.4, 0.5) is 0 Å². The normalized spacial score (nSPS) is 21.0. The van der Waals surface area contributed by atoms with E-state index in [2.05, 4.69) is 0 Å². The number of hydrogen-bond acceptors (Lipinski definition) is 1. The van der Waals surface area contributed by atoms with Gasteiger partial charge in [-0.2, -0.15) is 0 Å². The van der Waals surface area contributed by atoms with E-state index in [-0.39, 0.29) is 6.15 Å². The molecule has 0 radical (unpaired) electrons. The van der Waals surface area contributed by atoms with Crippen molar-refractivity contribution in [2.75, 3.05) is 0 Å². The van der Waals surface area contributed by atoms with Crippen molar-refractivity contribution in [1.82, 2.24) is 6.15 Å². The molecular formula is C7H17N. The zero-order valence-corrected chi connectivity index (χ0v) is 5.66. The van der Waals surface area contributed by atoms with Gasteiger partial charge in [0.25, 0.3) is 0 Å². The second-order valence-corrected chi connectivity index (χ2v) is 2.47. The molecule has 0 aromatic rings. The first-order valence-corrected chi connectivity index (χ1v) is 3.50. The molecule has 1 fully saturated rings. The van der Waals surface area contributed by atoms with Crippen molar-refractivity contribution in [3.63, 3.8) is 0 Å². The lowest BCUT2D eigenvalue weighted by Gasteiger charge is -1.85. The molecular weight excluding hydrogens is 98.1 g/mol. The molecule has 0 aromatic heterocycles. The molecule has 0 aromatic carbocycles. The molecule has 0 aliphatic heterocycles. The molecule has 1 nitrogen and oxygen atoms in total. The fourth-order valence-corrected chi connectivity index (χ4v) is 1.24. The SMILES string of the molecule is C1CCCCCC1.N. The van der Waals surface area contributed by atoms with Crippen LogP contribution in [-0.2, 0) is 0 Å². The highest BCUT2D eigenvalue weighted by molar-refractivity contribution is 4.51. The van der Waals surface area contributed by atoms with Gasteiger partial charge in [-0.05, 0) is 0 Å². The lowest BCUT2D eigenvalue weighted by molar-refractivity contribution is 0.702. The van der Waals surface area contributed by atoms with Crippen molar-refractivity contribution < 1.29 is 0 Å². The van der Waals surface area contributed by atoms with Crippen molar-refractivity contribution in [3.8, 4) is 0 Å². The van der Waals surface area contributed by atoms with Gasteiger partial charge in [-0.15, -0.1) is 0 Å². The van der Waals surface area contributed by atoms with Crippen molar-refractivity contribution in [1.29, 1.82) is 0 Å². The fourth-order valence-electron chi connectivity index (χ4n) is 1.24. The summed E-state index contributed by atoms with van der Waals surface area (Å²) in [4.78, 5) is 0. The summed E-state index contributed by atoms with van der Waals surface area (Å²) in [5.74, 6) is 0. The van der Waals surface area contributed by atoms with E-state index >= 15 is 0 Å². The Bertz CT molecular complexity index is 24.0. The summed E-state index contributed by atoms with van der Waals surface area (Å²) in [6.45, 7) is 0. The second-order valence-electron chi connectivity index (χ2n) is 2.47. The van der Waals surface area contributed by atoms with Gasteiger partial charge in [0.05, 0.1) is 0 Å². The molecule has 50 valence electrons. The lowest BCUT2D eigenvalue weighted by Crippen LogP contribution is -1.66. The van der Waals surface area contributed by atoms with Crippen LogP contribution in [0.5, 0.6) is 0 Å². The molecule has 0 amide bonds. The molecule has 1 aliphatic rings. The summed E-state index contributed by atoms with van der Waals surface area (Å²) in [5, 5.41) is 0. The third-order valence-corrected chi connectivity index (χ3v) is 1.75. The maximum Gasteiger partial charge on any atom is -0.0533 e. The third-order valence-electron chi connectivity index (χ3n) is 1.75. The van der Waals surface area contributed by atoms with Gasteiger partial charge in [-0.25, -0.2) is 0 Å². The molecule has 0 unspecified atom stereocenters. The van der Waals surface area contributed by atoms with Crippen LogP contribution in [0, 0.1) is 0 Å².